The lowest BCUT2D eigenvalue weighted by molar-refractivity contribution is -0.121. The average molecular weight is 253 g/mol. The van der Waals surface area contributed by atoms with Gasteiger partial charge in [-0.25, -0.2) is 5.84 Å². The zero-order valence-electron chi connectivity index (χ0n) is 10.4. The molecule has 1 aromatic carbocycles. The lowest BCUT2D eigenvalue weighted by atomic mass is 10.1. The molecule has 17 heavy (non-hydrogen) atoms. The van der Waals surface area contributed by atoms with E-state index < -0.39 is 0 Å². The van der Waals surface area contributed by atoms with Crippen molar-refractivity contribution in [1.29, 1.82) is 0 Å². The quantitative estimate of drug-likeness (QED) is 0.251. The molecule has 0 heterocycles. The molecule has 0 aliphatic carbocycles. The second-order valence-electron chi connectivity index (χ2n) is 4.26. The van der Waals surface area contributed by atoms with Crippen LogP contribution in [0.5, 0.6) is 0 Å². The van der Waals surface area contributed by atoms with Crippen molar-refractivity contribution in [2.75, 3.05) is 5.73 Å². The first-order chi connectivity index (χ1) is 7.97. The van der Waals surface area contributed by atoms with Crippen LogP contribution >= 0.6 is 11.8 Å². The van der Waals surface area contributed by atoms with Gasteiger partial charge in [0.25, 0.3) is 0 Å². The minimum absolute atomic E-state index is 0.160. The number of nitrogens with one attached hydrogen (secondary N) is 1. The number of rotatable bonds is 4. The summed E-state index contributed by atoms with van der Waals surface area (Å²) in [5.74, 6) is 5.23. The predicted molar refractivity (Wildman–Crippen MR) is 72.4 cm³/mol. The Kier molecular flexibility index (Phi) is 4.84. The summed E-state index contributed by atoms with van der Waals surface area (Å²) in [5.41, 5.74) is 9.80. The van der Waals surface area contributed by atoms with E-state index in [9.17, 15) is 4.79 Å². The van der Waals surface area contributed by atoms with Gasteiger partial charge in [0.05, 0.1) is 5.25 Å². The molecule has 5 heteroatoms. The molecule has 5 N–H and O–H groups in total. The average Bonchev–Trinajstić information content (AvgIpc) is 2.29. The van der Waals surface area contributed by atoms with Gasteiger partial charge in [-0.2, -0.15) is 0 Å². The van der Waals surface area contributed by atoms with Crippen LogP contribution in [0, 0.1) is 12.8 Å². The van der Waals surface area contributed by atoms with Crippen molar-refractivity contribution in [2.24, 2.45) is 11.8 Å². The Morgan fingerprint density at radius 3 is 2.59 bits per heavy atom. The number of amides is 1. The predicted octanol–water partition coefficient (Wildman–Crippen LogP) is 1.68. The van der Waals surface area contributed by atoms with Crippen LogP contribution in [0.2, 0.25) is 0 Å². The van der Waals surface area contributed by atoms with E-state index in [1.54, 1.807) is 0 Å². The number of carbonyl (C=O) groups is 1. The number of hydrogen-bond acceptors (Lipinski definition) is 4. The summed E-state index contributed by atoms with van der Waals surface area (Å²) in [7, 11) is 0. The largest absolute Gasteiger partial charge is 0.398 e. The normalized spacial score (nSPS) is 12.5. The molecule has 1 atom stereocenters. The third-order valence-corrected chi connectivity index (χ3v) is 4.29. The lowest BCUT2D eigenvalue weighted by Gasteiger charge is -2.19. The summed E-state index contributed by atoms with van der Waals surface area (Å²) in [6.07, 6.45) is 0. The molecule has 0 spiro atoms. The van der Waals surface area contributed by atoms with Gasteiger partial charge in [0.1, 0.15) is 0 Å². The smallest absolute Gasteiger partial charge is 0.247 e. The van der Waals surface area contributed by atoms with Crippen molar-refractivity contribution in [1.82, 2.24) is 5.43 Å². The summed E-state index contributed by atoms with van der Waals surface area (Å²) in [6.45, 7) is 5.94. The van der Waals surface area contributed by atoms with E-state index >= 15 is 0 Å². The highest BCUT2D eigenvalue weighted by molar-refractivity contribution is 8.00. The van der Waals surface area contributed by atoms with Gasteiger partial charge in [0, 0.05) is 10.6 Å². The van der Waals surface area contributed by atoms with Gasteiger partial charge >= 0.3 is 0 Å². The molecule has 1 amide bonds. The number of nitrogen functional groups attached to an aromatic ring is 1. The Morgan fingerprint density at radius 1 is 1.41 bits per heavy atom. The Morgan fingerprint density at radius 2 is 2.06 bits per heavy atom. The highest BCUT2D eigenvalue weighted by atomic mass is 32.2. The van der Waals surface area contributed by atoms with Crippen LogP contribution in [-0.2, 0) is 4.79 Å². The molecule has 0 saturated heterocycles. The minimum atomic E-state index is -0.208. The van der Waals surface area contributed by atoms with Crippen LogP contribution in [0.1, 0.15) is 19.4 Å². The molecule has 4 nitrogen and oxygen atoms in total. The summed E-state index contributed by atoms with van der Waals surface area (Å²) in [5, 5.41) is -0.208. The molecule has 94 valence electrons. The third-order valence-electron chi connectivity index (χ3n) is 2.59. The molecule has 0 fully saturated rings. The number of thioether (sulfide) groups is 1. The van der Waals surface area contributed by atoms with Crippen LogP contribution in [0.3, 0.4) is 0 Å². The number of hydrogen-bond donors (Lipinski definition) is 3. The van der Waals surface area contributed by atoms with Crippen molar-refractivity contribution in [3.8, 4) is 0 Å². The van der Waals surface area contributed by atoms with Crippen molar-refractivity contribution < 1.29 is 4.79 Å². The van der Waals surface area contributed by atoms with Crippen LogP contribution in [-0.4, -0.2) is 11.2 Å². The number of benzene rings is 1. The molecule has 1 aromatic rings. The summed E-state index contributed by atoms with van der Waals surface area (Å²) in [4.78, 5) is 12.7. The second kappa shape index (κ2) is 5.93. The molecule has 0 radical (unpaired) electrons. The van der Waals surface area contributed by atoms with E-state index in [0.29, 0.717) is 0 Å². The maximum absolute atomic E-state index is 11.7. The summed E-state index contributed by atoms with van der Waals surface area (Å²) in [6, 6.07) is 5.71. The second-order valence-corrected chi connectivity index (χ2v) is 5.44. The van der Waals surface area contributed by atoms with Gasteiger partial charge in [-0.1, -0.05) is 19.9 Å². The van der Waals surface area contributed by atoms with Gasteiger partial charge in [-0.3, -0.25) is 10.2 Å². The molecule has 0 aromatic heterocycles. The van der Waals surface area contributed by atoms with Gasteiger partial charge in [0.2, 0.25) is 5.91 Å². The summed E-state index contributed by atoms with van der Waals surface area (Å²) >= 11 is 1.50. The molecular formula is C12H19N3OS. The van der Waals surface area contributed by atoms with Crippen LogP contribution in [0.15, 0.2) is 23.1 Å². The van der Waals surface area contributed by atoms with E-state index in [1.807, 2.05) is 39.0 Å². The van der Waals surface area contributed by atoms with Gasteiger partial charge < -0.3 is 5.73 Å². The maximum atomic E-state index is 11.7. The van der Waals surface area contributed by atoms with Crippen molar-refractivity contribution in [2.45, 2.75) is 30.9 Å². The minimum Gasteiger partial charge on any atom is -0.398 e. The van der Waals surface area contributed by atoms with E-state index in [1.165, 1.54) is 11.8 Å². The highest BCUT2D eigenvalue weighted by Crippen LogP contribution is 2.32. The van der Waals surface area contributed by atoms with E-state index in [2.05, 4.69) is 5.43 Å². The van der Waals surface area contributed by atoms with Crippen molar-refractivity contribution in [3.63, 3.8) is 0 Å². The highest BCUT2D eigenvalue weighted by Gasteiger charge is 2.23. The molecular weight excluding hydrogens is 234 g/mol. The fourth-order valence-electron chi connectivity index (χ4n) is 1.47. The third kappa shape index (κ3) is 3.38. The lowest BCUT2D eigenvalue weighted by Crippen LogP contribution is -2.39. The zero-order valence-corrected chi connectivity index (χ0v) is 11.2. The molecule has 1 rings (SSSR count). The van der Waals surface area contributed by atoms with Crippen molar-refractivity contribution >= 4 is 23.4 Å². The van der Waals surface area contributed by atoms with Crippen LogP contribution in [0.4, 0.5) is 5.69 Å². The standard InChI is InChI=1S/C12H19N3OS/c1-7(2)11(12(16)15-14)17-10-6-4-5-9(13)8(10)3/h4-7,11H,13-14H2,1-3H3,(H,15,16). The molecule has 0 saturated carbocycles. The monoisotopic (exact) mass is 253 g/mol. The van der Waals surface area contributed by atoms with E-state index in [0.717, 1.165) is 16.1 Å². The molecule has 0 bridgehead atoms. The fourth-order valence-corrected chi connectivity index (χ4v) is 2.64. The SMILES string of the molecule is Cc1c(N)cccc1SC(C(=O)NN)C(C)C. The number of anilines is 1. The first-order valence-corrected chi connectivity index (χ1v) is 6.37. The fraction of sp³-hybridized carbons (Fsp3) is 0.417. The number of hydrazine groups is 1. The first kappa shape index (κ1) is 13.9. The van der Waals surface area contributed by atoms with E-state index in [-0.39, 0.29) is 17.1 Å². The van der Waals surface area contributed by atoms with Crippen molar-refractivity contribution in [3.05, 3.63) is 23.8 Å². The Labute approximate surface area is 106 Å². The Hall–Kier alpha value is -1.20. The molecule has 0 aliphatic rings. The molecule has 0 aliphatic heterocycles. The van der Waals surface area contributed by atoms with Gasteiger partial charge in [-0.15, -0.1) is 11.8 Å². The first-order valence-electron chi connectivity index (χ1n) is 5.49. The number of carbonyl (C=O) groups excluding carboxylic acids is 1. The van der Waals surface area contributed by atoms with Crippen LogP contribution in [0.25, 0.3) is 0 Å². The molecule has 1 unspecified atom stereocenters. The van der Waals surface area contributed by atoms with E-state index in [4.69, 9.17) is 11.6 Å². The Bertz CT molecular complexity index is 407. The van der Waals surface area contributed by atoms with Crippen LogP contribution < -0.4 is 17.0 Å². The van der Waals surface area contributed by atoms with Gasteiger partial charge in [0.15, 0.2) is 0 Å². The summed E-state index contributed by atoms with van der Waals surface area (Å²) < 4.78 is 0. The topological polar surface area (TPSA) is 81.1 Å². The zero-order chi connectivity index (χ0) is 13.0. The van der Waals surface area contributed by atoms with Gasteiger partial charge in [-0.05, 0) is 30.5 Å². The maximum Gasteiger partial charge on any atom is 0.247 e. The number of nitrogens with two attached hydrogens (primary N) is 2. The Balaban J connectivity index is 2.94.